The van der Waals surface area contributed by atoms with Crippen LogP contribution >= 0.6 is 0 Å². The Morgan fingerprint density at radius 2 is 1.93 bits per heavy atom. The van der Waals surface area contributed by atoms with Crippen molar-refractivity contribution in [1.82, 2.24) is 19.8 Å². The molecule has 2 atom stereocenters. The van der Waals surface area contributed by atoms with Gasteiger partial charge in [-0.05, 0) is 18.8 Å². The van der Waals surface area contributed by atoms with Gasteiger partial charge in [-0.2, -0.15) is 0 Å². The molecule has 0 spiro atoms. The highest BCUT2D eigenvalue weighted by Crippen LogP contribution is 2.28. The number of aromatic nitrogens is 2. The maximum atomic E-state index is 5.87. The van der Waals surface area contributed by atoms with Crippen LogP contribution in [0.2, 0.25) is 0 Å². The molecule has 1 aliphatic heterocycles. The van der Waals surface area contributed by atoms with Crippen LogP contribution in [0.1, 0.15) is 25.8 Å². The zero-order valence-electron chi connectivity index (χ0n) is 18.4. The minimum Gasteiger partial charge on any atom is -0.496 e. The number of imidazole rings is 1. The number of ether oxygens (including phenoxy) is 3. The Morgan fingerprint density at radius 3 is 2.57 bits per heavy atom. The second kappa shape index (κ2) is 10.8. The quantitative estimate of drug-likeness (QED) is 0.406. The number of likely N-dealkylation sites (tertiary alicyclic amines) is 1. The van der Waals surface area contributed by atoms with Crippen molar-refractivity contribution in [3.63, 3.8) is 0 Å². The van der Waals surface area contributed by atoms with Gasteiger partial charge in [0.05, 0.1) is 33.2 Å². The number of piperidine rings is 1. The average Bonchev–Trinajstić information content (AvgIpc) is 3.31. The van der Waals surface area contributed by atoms with Crippen LogP contribution in [0.4, 0.5) is 0 Å². The lowest BCUT2D eigenvalue weighted by atomic mass is 9.93. The van der Waals surface area contributed by atoms with E-state index in [9.17, 15) is 0 Å². The maximum absolute atomic E-state index is 5.87. The third-order valence-electron chi connectivity index (χ3n) is 5.54. The molecule has 1 aromatic carbocycles. The van der Waals surface area contributed by atoms with Crippen LogP contribution in [0, 0.1) is 5.92 Å². The minimum atomic E-state index is 0.408. The number of hydrogen-bond donors (Lipinski definition) is 1. The van der Waals surface area contributed by atoms with E-state index in [1.54, 1.807) is 14.2 Å². The summed E-state index contributed by atoms with van der Waals surface area (Å²) in [4.78, 5) is 11.0. The Kier molecular flexibility index (Phi) is 7.82. The normalized spacial score (nSPS) is 19.5. The van der Waals surface area contributed by atoms with E-state index in [0.717, 1.165) is 55.7 Å². The van der Waals surface area contributed by atoms with Gasteiger partial charge in [-0.15, -0.1) is 0 Å². The van der Waals surface area contributed by atoms with Gasteiger partial charge in [0.15, 0.2) is 5.96 Å². The summed E-state index contributed by atoms with van der Waals surface area (Å²) in [6.45, 7) is 5.62. The van der Waals surface area contributed by atoms with Crippen LogP contribution in [-0.2, 0) is 0 Å². The first-order chi connectivity index (χ1) is 14.6. The molecular weight excluding hydrogens is 382 g/mol. The molecule has 3 rings (SSSR count). The second-order valence-electron chi connectivity index (χ2n) is 7.51. The van der Waals surface area contributed by atoms with E-state index in [1.807, 2.05) is 44.0 Å². The third kappa shape index (κ3) is 5.58. The van der Waals surface area contributed by atoms with Gasteiger partial charge < -0.3 is 29.0 Å². The molecule has 1 saturated heterocycles. The molecule has 2 unspecified atom stereocenters. The molecule has 164 valence electrons. The Balaban J connectivity index is 1.46. The number of methoxy groups -OCH3 is 2. The van der Waals surface area contributed by atoms with E-state index in [0.29, 0.717) is 18.6 Å². The van der Waals surface area contributed by atoms with E-state index in [1.165, 1.54) is 0 Å². The van der Waals surface area contributed by atoms with Crippen molar-refractivity contribution in [3.05, 3.63) is 36.9 Å². The van der Waals surface area contributed by atoms with Crippen molar-refractivity contribution in [2.24, 2.45) is 10.9 Å². The Labute approximate surface area is 178 Å². The van der Waals surface area contributed by atoms with Gasteiger partial charge in [-0.3, -0.25) is 4.99 Å². The summed E-state index contributed by atoms with van der Waals surface area (Å²) in [5.41, 5.74) is 0. The molecule has 0 amide bonds. The van der Waals surface area contributed by atoms with E-state index in [2.05, 4.69) is 31.7 Å². The molecule has 1 fully saturated rings. The smallest absolute Gasteiger partial charge is 0.193 e. The maximum Gasteiger partial charge on any atom is 0.193 e. The molecule has 8 heteroatoms. The van der Waals surface area contributed by atoms with Crippen LogP contribution in [-0.4, -0.2) is 67.9 Å². The van der Waals surface area contributed by atoms with Crippen molar-refractivity contribution in [3.8, 4) is 17.2 Å². The predicted octanol–water partition coefficient (Wildman–Crippen LogP) is 2.83. The van der Waals surface area contributed by atoms with E-state index in [-0.39, 0.29) is 0 Å². The molecule has 2 aromatic rings. The topological polar surface area (TPSA) is 73.1 Å². The Bertz CT molecular complexity index is 787. The summed E-state index contributed by atoms with van der Waals surface area (Å²) in [5.74, 6) is 3.73. The molecule has 1 aliphatic rings. The zero-order valence-corrected chi connectivity index (χ0v) is 18.4. The summed E-state index contributed by atoms with van der Waals surface area (Å²) >= 11 is 0. The van der Waals surface area contributed by atoms with Gasteiger partial charge in [-0.25, -0.2) is 4.98 Å². The van der Waals surface area contributed by atoms with Gasteiger partial charge in [0.25, 0.3) is 0 Å². The van der Waals surface area contributed by atoms with Crippen LogP contribution in [0.15, 0.2) is 41.9 Å². The van der Waals surface area contributed by atoms with Crippen molar-refractivity contribution < 1.29 is 14.2 Å². The summed E-state index contributed by atoms with van der Waals surface area (Å²) < 4.78 is 18.6. The SMILES string of the molecule is CN=C(NCCCOc1cc(OC)cc(OC)c1)N1CCC(C)C(n2ccnc2)C1. The number of hydrogen-bond acceptors (Lipinski definition) is 5. The number of nitrogens with one attached hydrogen (secondary N) is 1. The fourth-order valence-electron chi connectivity index (χ4n) is 3.75. The Hall–Kier alpha value is -2.90. The number of benzene rings is 1. The number of nitrogens with zero attached hydrogens (tertiary/aromatic N) is 4. The Morgan fingerprint density at radius 1 is 1.20 bits per heavy atom. The molecule has 8 nitrogen and oxygen atoms in total. The third-order valence-corrected chi connectivity index (χ3v) is 5.54. The van der Waals surface area contributed by atoms with Crippen LogP contribution in [0.5, 0.6) is 17.2 Å². The summed E-state index contributed by atoms with van der Waals surface area (Å²) in [5, 5.41) is 3.47. The van der Waals surface area contributed by atoms with Crippen molar-refractivity contribution >= 4 is 5.96 Å². The molecule has 0 bridgehead atoms. The number of guanidine groups is 1. The second-order valence-corrected chi connectivity index (χ2v) is 7.51. The largest absolute Gasteiger partial charge is 0.496 e. The number of aliphatic imine (C=N–C) groups is 1. The molecule has 1 aromatic heterocycles. The fraction of sp³-hybridized carbons (Fsp3) is 0.545. The first-order valence-electron chi connectivity index (χ1n) is 10.4. The van der Waals surface area contributed by atoms with E-state index >= 15 is 0 Å². The first kappa shape index (κ1) is 21.8. The minimum absolute atomic E-state index is 0.408. The zero-order chi connectivity index (χ0) is 21.3. The van der Waals surface area contributed by atoms with Gasteiger partial charge in [0.1, 0.15) is 17.2 Å². The van der Waals surface area contributed by atoms with Crippen molar-refractivity contribution in [2.45, 2.75) is 25.8 Å². The molecule has 0 radical (unpaired) electrons. The van der Waals surface area contributed by atoms with Gasteiger partial charge in [0.2, 0.25) is 0 Å². The summed E-state index contributed by atoms with van der Waals surface area (Å²) in [6, 6.07) is 5.96. The van der Waals surface area contributed by atoms with Crippen molar-refractivity contribution in [2.75, 3.05) is 47.5 Å². The van der Waals surface area contributed by atoms with Crippen LogP contribution in [0.3, 0.4) is 0 Å². The molecule has 1 N–H and O–H groups in total. The lowest BCUT2D eigenvalue weighted by molar-refractivity contribution is 0.188. The lowest BCUT2D eigenvalue weighted by Gasteiger charge is -2.39. The predicted molar refractivity (Wildman–Crippen MR) is 118 cm³/mol. The van der Waals surface area contributed by atoms with Gasteiger partial charge in [0, 0.05) is 57.3 Å². The van der Waals surface area contributed by atoms with E-state index < -0.39 is 0 Å². The molecule has 0 saturated carbocycles. The van der Waals surface area contributed by atoms with Crippen LogP contribution < -0.4 is 19.5 Å². The standard InChI is InChI=1S/C22H33N5O3/c1-17-6-9-26(15-21(17)27-10-8-24-16-27)22(23-2)25-7-5-11-30-20-13-18(28-3)12-19(14-20)29-4/h8,10,12-14,16-17,21H,5-7,9,11,15H2,1-4H3,(H,23,25). The lowest BCUT2D eigenvalue weighted by Crippen LogP contribution is -2.49. The summed E-state index contributed by atoms with van der Waals surface area (Å²) in [7, 11) is 5.10. The monoisotopic (exact) mass is 415 g/mol. The molecule has 30 heavy (non-hydrogen) atoms. The molecule has 2 heterocycles. The van der Waals surface area contributed by atoms with E-state index in [4.69, 9.17) is 14.2 Å². The number of rotatable bonds is 8. The van der Waals surface area contributed by atoms with Crippen LogP contribution in [0.25, 0.3) is 0 Å². The molecule has 0 aliphatic carbocycles. The highest BCUT2D eigenvalue weighted by atomic mass is 16.5. The average molecular weight is 416 g/mol. The van der Waals surface area contributed by atoms with Gasteiger partial charge in [-0.1, -0.05) is 6.92 Å². The van der Waals surface area contributed by atoms with Crippen molar-refractivity contribution in [1.29, 1.82) is 0 Å². The highest BCUT2D eigenvalue weighted by Gasteiger charge is 2.28. The highest BCUT2D eigenvalue weighted by molar-refractivity contribution is 5.80. The van der Waals surface area contributed by atoms with Gasteiger partial charge >= 0.3 is 0 Å². The molecular formula is C22H33N5O3. The fourth-order valence-corrected chi connectivity index (χ4v) is 3.75. The summed E-state index contributed by atoms with van der Waals surface area (Å²) in [6.07, 6.45) is 7.78. The first-order valence-corrected chi connectivity index (χ1v) is 10.4.